The Morgan fingerprint density at radius 1 is 1.44 bits per heavy atom. The molecule has 1 aliphatic carbocycles. The predicted molar refractivity (Wildman–Crippen MR) is 65.5 cm³/mol. The SMILES string of the molecule is CC(O)CNC(=O)NC1(c2ccc(F)cc2)CC1. The Hall–Kier alpha value is -1.62. The number of halogens is 1. The predicted octanol–water partition coefficient (Wildman–Crippen LogP) is 1.49. The van der Waals surface area contributed by atoms with Crippen LogP contribution < -0.4 is 10.6 Å². The number of benzene rings is 1. The first-order valence-electron chi connectivity index (χ1n) is 6.02. The number of hydrogen-bond donors (Lipinski definition) is 3. The molecule has 0 heterocycles. The number of amides is 2. The van der Waals surface area contributed by atoms with Crippen LogP contribution in [0.15, 0.2) is 24.3 Å². The zero-order valence-electron chi connectivity index (χ0n) is 10.2. The average molecular weight is 252 g/mol. The van der Waals surface area contributed by atoms with Crippen LogP contribution in [0.5, 0.6) is 0 Å². The molecule has 18 heavy (non-hydrogen) atoms. The fourth-order valence-electron chi connectivity index (χ4n) is 1.88. The monoisotopic (exact) mass is 252 g/mol. The van der Waals surface area contributed by atoms with Gasteiger partial charge in [0, 0.05) is 6.54 Å². The molecule has 0 aromatic heterocycles. The average Bonchev–Trinajstić information content (AvgIpc) is 3.08. The van der Waals surface area contributed by atoms with Gasteiger partial charge in [-0.1, -0.05) is 12.1 Å². The van der Waals surface area contributed by atoms with Gasteiger partial charge in [-0.2, -0.15) is 0 Å². The van der Waals surface area contributed by atoms with Gasteiger partial charge in [-0.05, 0) is 37.5 Å². The third-order valence-electron chi connectivity index (χ3n) is 3.06. The quantitative estimate of drug-likeness (QED) is 0.760. The molecule has 3 N–H and O–H groups in total. The molecule has 98 valence electrons. The molecule has 0 bridgehead atoms. The summed E-state index contributed by atoms with van der Waals surface area (Å²) in [5.41, 5.74) is 0.548. The molecule has 2 rings (SSSR count). The van der Waals surface area contributed by atoms with E-state index in [0.29, 0.717) is 0 Å². The van der Waals surface area contributed by atoms with Crippen LogP contribution in [-0.2, 0) is 5.54 Å². The molecule has 1 saturated carbocycles. The van der Waals surface area contributed by atoms with Gasteiger partial charge in [0.25, 0.3) is 0 Å². The van der Waals surface area contributed by atoms with Crippen LogP contribution in [0, 0.1) is 5.82 Å². The largest absolute Gasteiger partial charge is 0.392 e. The van der Waals surface area contributed by atoms with Crippen molar-refractivity contribution in [3.05, 3.63) is 35.6 Å². The van der Waals surface area contributed by atoms with Crippen LogP contribution in [-0.4, -0.2) is 23.8 Å². The van der Waals surface area contributed by atoms with Gasteiger partial charge in [-0.25, -0.2) is 9.18 Å². The highest BCUT2D eigenvalue weighted by Crippen LogP contribution is 2.45. The van der Waals surface area contributed by atoms with Crippen LogP contribution in [0.1, 0.15) is 25.3 Å². The normalized spacial score (nSPS) is 17.9. The number of carbonyl (C=O) groups excluding carboxylic acids is 1. The molecule has 2 amide bonds. The lowest BCUT2D eigenvalue weighted by Crippen LogP contribution is -2.44. The molecule has 4 nitrogen and oxygen atoms in total. The Morgan fingerprint density at radius 3 is 2.56 bits per heavy atom. The van der Waals surface area contributed by atoms with Crippen molar-refractivity contribution in [2.75, 3.05) is 6.54 Å². The van der Waals surface area contributed by atoms with Crippen LogP contribution >= 0.6 is 0 Å². The smallest absolute Gasteiger partial charge is 0.315 e. The zero-order chi connectivity index (χ0) is 13.2. The van der Waals surface area contributed by atoms with E-state index in [4.69, 9.17) is 5.11 Å². The lowest BCUT2D eigenvalue weighted by atomic mass is 10.1. The van der Waals surface area contributed by atoms with Crippen LogP contribution in [0.4, 0.5) is 9.18 Å². The minimum absolute atomic E-state index is 0.214. The molecule has 1 aromatic carbocycles. The van der Waals surface area contributed by atoms with E-state index < -0.39 is 6.10 Å². The van der Waals surface area contributed by atoms with E-state index in [-0.39, 0.29) is 23.9 Å². The van der Waals surface area contributed by atoms with Gasteiger partial charge in [0.15, 0.2) is 0 Å². The van der Waals surface area contributed by atoms with E-state index >= 15 is 0 Å². The zero-order valence-corrected chi connectivity index (χ0v) is 10.2. The topological polar surface area (TPSA) is 61.4 Å². The van der Waals surface area contributed by atoms with Crippen LogP contribution in [0.3, 0.4) is 0 Å². The summed E-state index contributed by atoms with van der Waals surface area (Å²) in [4.78, 5) is 11.6. The van der Waals surface area contributed by atoms with Crippen molar-refractivity contribution in [1.29, 1.82) is 0 Å². The van der Waals surface area contributed by atoms with Gasteiger partial charge in [-0.3, -0.25) is 0 Å². The summed E-state index contributed by atoms with van der Waals surface area (Å²) in [6.07, 6.45) is 1.12. The first-order valence-corrected chi connectivity index (χ1v) is 6.02. The highest BCUT2D eigenvalue weighted by Gasteiger charge is 2.45. The number of nitrogens with one attached hydrogen (secondary N) is 2. The summed E-state index contributed by atoms with van der Waals surface area (Å²) in [6.45, 7) is 1.82. The Bertz CT molecular complexity index is 427. The van der Waals surface area contributed by atoms with E-state index in [2.05, 4.69) is 10.6 Å². The first-order chi connectivity index (χ1) is 8.52. The molecule has 0 radical (unpaired) electrons. The third-order valence-corrected chi connectivity index (χ3v) is 3.06. The maximum absolute atomic E-state index is 12.8. The van der Waals surface area contributed by atoms with Crippen molar-refractivity contribution in [2.45, 2.75) is 31.4 Å². The summed E-state index contributed by atoms with van der Waals surface area (Å²) in [6, 6.07) is 5.86. The molecule has 5 heteroatoms. The fourth-order valence-corrected chi connectivity index (χ4v) is 1.88. The van der Waals surface area contributed by atoms with E-state index in [1.807, 2.05) is 0 Å². The lowest BCUT2D eigenvalue weighted by Gasteiger charge is -2.18. The summed E-state index contributed by atoms with van der Waals surface area (Å²) in [7, 11) is 0. The first kappa shape index (κ1) is 12.8. The number of urea groups is 1. The summed E-state index contributed by atoms with van der Waals surface area (Å²) in [5.74, 6) is -0.284. The van der Waals surface area contributed by atoms with E-state index in [0.717, 1.165) is 18.4 Å². The highest BCUT2D eigenvalue weighted by molar-refractivity contribution is 5.75. The summed E-state index contributed by atoms with van der Waals surface area (Å²) in [5, 5.41) is 14.5. The number of carbonyl (C=O) groups is 1. The van der Waals surface area contributed by atoms with Gasteiger partial charge < -0.3 is 15.7 Å². The van der Waals surface area contributed by atoms with E-state index in [1.54, 1.807) is 19.1 Å². The molecular weight excluding hydrogens is 235 g/mol. The fraction of sp³-hybridized carbons (Fsp3) is 0.462. The summed E-state index contributed by atoms with van der Waals surface area (Å²) >= 11 is 0. The molecule has 1 aliphatic rings. The molecule has 1 aromatic rings. The van der Waals surface area contributed by atoms with E-state index in [9.17, 15) is 9.18 Å². The number of rotatable bonds is 4. The number of aliphatic hydroxyl groups excluding tert-OH is 1. The molecule has 0 saturated heterocycles. The highest BCUT2D eigenvalue weighted by atomic mass is 19.1. The second-order valence-electron chi connectivity index (χ2n) is 4.77. The standard InChI is InChI=1S/C13H17FN2O2/c1-9(17)8-15-12(18)16-13(6-7-13)10-2-4-11(14)5-3-10/h2-5,9,17H,6-8H2,1H3,(H2,15,16,18). The van der Waals surface area contributed by atoms with Crippen molar-refractivity contribution in [1.82, 2.24) is 10.6 Å². The van der Waals surface area contributed by atoms with Gasteiger partial charge in [-0.15, -0.1) is 0 Å². The minimum Gasteiger partial charge on any atom is -0.392 e. The third kappa shape index (κ3) is 2.98. The summed E-state index contributed by atoms with van der Waals surface area (Å²) < 4.78 is 12.8. The molecule has 1 atom stereocenters. The molecule has 1 unspecified atom stereocenters. The van der Waals surface area contributed by atoms with Crippen molar-refractivity contribution < 1.29 is 14.3 Å². The Labute approximate surface area is 105 Å². The van der Waals surface area contributed by atoms with Gasteiger partial charge in [0.1, 0.15) is 5.82 Å². The molecule has 0 aliphatic heterocycles. The van der Waals surface area contributed by atoms with Gasteiger partial charge >= 0.3 is 6.03 Å². The Kier molecular flexibility index (Phi) is 3.52. The van der Waals surface area contributed by atoms with Crippen molar-refractivity contribution >= 4 is 6.03 Å². The number of hydrogen-bond acceptors (Lipinski definition) is 2. The second kappa shape index (κ2) is 4.94. The Morgan fingerprint density at radius 2 is 2.06 bits per heavy atom. The molecule has 0 spiro atoms. The van der Waals surface area contributed by atoms with Crippen LogP contribution in [0.2, 0.25) is 0 Å². The van der Waals surface area contributed by atoms with Crippen LogP contribution in [0.25, 0.3) is 0 Å². The van der Waals surface area contributed by atoms with Crippen molar-refractivity contribution in [2.24, 2.45) is 0 Å². The van der Waals surface area contributed by atoms with Gasteiger partial charge in [0.05, 0.1) is 11.6 Å². The minimum atomic E-state index is -0.572. The number of aliphatic hydroxyl groups is 1. The van der Waals surface area contributed by atoms with Crippen molar-refractivity contribution in [3.63, 3.8) is 0 Å². The maximum atomic E-state index is 12.8. The van der Waals surface area contributed by atoms with E-state index in [1.165, 1.54) is 12.1 Å². The van der Waals surface area contributed by atoms with Crippen molar-refractivity contribution in [3.8, 4) is 0 Å². The lowest BCUT2D eigenvalue weighted by molar-refractivity contribution is 0.186. The molecule has 1 fully saturated rings. The maximum Gasteiger partial charge on any atom is 0.315 e. The second-order valence-corrected chi connectivity index (χ2v) is 4.77. The molecular formula is C13H17FN2O2. The van der Waals surface area contributed by atoms with Gasteiger partial charge in [0.2, 0.25) is 0 Å². The Balaban J connectivity index is 1.96.